The molecule has 1 unspecified atom stereocenters. The monoisotopic (exact) mass is 1190 g/mol. The minimum Gasteiger partial charge on any atom is -0.462 e. The van der Waals surface area contributed by atoms with Crippen LogP contribution in [0.2, 0.25) is 0 Å². The first kappa shape index (κ1) is 81.8. The van der Waals surface area contributed by atoms with E-state index in [1.54, 1.807) is 0 Å². The molecule has 0 radical (unpaired) electrons. The Bertz CT molecular complexity index is 1780. The lowest BCUT2D eigenvalue weighted by Crippen LogP contribution is -2.28. The maximum absolute atomic E-state index is 12.4. The summed E-state index contributed by atoms with van der Waals surface area (Å²) in [6.07, 6.45) is 113. The molecule has 0 fully saturated rings. The number of hydrogen-bond donors (Lipinski definition) is 1. The topological polar surface area (TPSA) is 72.8 Å². The van der Waals surface area contributed by atoms with Crippen molar-refractivity contribution in [3.8, 4) is 0 Å². The molecule has 0 spiro atoms. The summed E-state index contributed by atoms with van der Waals surface area (Å²) in [4.78, 5) is 24.7. The van der Waals surface area contributed by atoms with Crippen molar-refractivity contribution in [1.29, 1.82) is 0 Å². The molecular weight excluding hydrogens is 1050 g/mol. The van der Waals surface area contributed by atoms with E-state index in [4.69, 9.17) is 9.47 Å². The number of aliphatic hydroxyl groups excluding tert-OH is 1. The standard InChI is InChI=1S/C81H136O5/c1-3-5-7-9-11-13-15-17-19-21-23-25-27-29-31-33-35-36-37-38-39-40-41-42-43-44-46-47-49-51-53-55-57-59-61-63-65-67-69-71-73-75-80(83)85-78-79(77-82)86-81(84)76-74-72-70-68-66-64-62-60-58-56-54-52-50-48-45-34-32-30-28-26-24-22-20-18-16-14-12-10-8-6-4-2/h5-8,11-14,17-20,23-26,30,32,45,48,52,54,58,60,79,82H,3-4,9-10,15-16,21-22,27-29,31,33-44,46-47,49-51,53,55-57,59,61-78H2,1-2H3/b7-5-,8-6-,13-11-,14-12-,19-17-,20-18-,25-23-,26-24-,32-30-,48-45-,54-52-,60-58-. The first-order chi connectivity index (χ1) is 42.6. The van der Waals surface area contributed by atoms with Gasteiger partial charge in [-0.25, -0.2) is 0 Å². The van der Waals surface area contributed by atoms with Gasteiger partial charge >= 0.3 is 11.9 Å². The molecule has 0 aromatic rings. The van der Waals surface area contributed by atoms with Crippen LogP contribution in [0, 0.1) is 0 Å². The summed E-state index contributed by atoms with van der Waals surface area (Å²) in [5.74, 6) is -0.602. The van der Waals surface area contributed by atoms with Crippen molar-refractivity contribution < 1.29 is 24.2 Å². The molecule has 1 atom stereocenters. The van der Waals surface area contributed by atoms with E-state index in [2.05, 4.69) is 160 Å². The van der Waals surface area contributed by atoms with Crippen molar-refractivity contribution in [2.24, 2.45) is 0 Å². The van der Waals surface area contributed by atoms with Crippen molar-refractivity contribution in [2.75, 3.05) is 13.2 Å². The van der Waals surface area contributed by atoms with Crippen LogP contribution < -0.4 is 0 Å². The first-order valence-electron chi connectivity index (χ1n) is 36.4. The number of hydrogen-bond acceptors (Lipinski definition) is 5. The molecule has 5 nitrogen and oxygen atoms in total. The van der Waals surface area contributed by atoms with E-state index in [0.717, 1.165) is 122 Å². The zero-order chi connectivity index (χ0) is 61.9. The molecule has 0 aromatic carbocycles. The highest BCUT2D eigenvalue weighted by atomic mass is 16.6. The van der Waals surface area contributed by atoms with Crippen LogP contribution in [-0.4, -0.2) is 36.4 Å². The average Bonchev–Trinajstić information content (AvgIpc) is 3.55. The summed E-state index contributed by atoms with van der Waals surface area (Å²) in [6, 6.07) is 0. The van der Waals surface area contributed by atoms with Crippen LogP contribution in [0.3, 0.4) is 0 Å². The Morgan fingerprint density at radius 3 is 0.698 bits per heavy atom. The zero-order valence-corrected chi connectivity index (χ0v) is 56.3. The van der Waals surface area contributed by atoms with Gasteiger partial charge in [0.25, 0.3) is 0 Å². The number of carbonyl (C=O) groups is 2. The van der Waals surface area contributed by atoms with E-state index in [0.29, 0.717) is 12.8 Å². The number of allylic oxidation sites excluding steroid dienone is 24. The normalized spacial score (nSPS) is 13.1. The van der Waals surface area contributed by atoms with Crippen molar-refractivity contribution in [3.63, 3.8) is 0 Å². The molecule has 0 bridgehead atoms. The average molecular weight is 1190 g/mol. The van der Waals surface area contributed by atoms with Crippen LogP contribution in [0.4, 0.5) is 0 Å². The van der Waals surface area contributed by atoms with E-state index in [1.165, 1.54) is 186 Å². The van der Waals surface area contributed by atoms with Crippen LogP contribution in [0.25, 0.3) is 0 Å². The molecule has 0 saturated heterocycles. The summed E-state index contributed by atoms with van der Waals surface area (Å²) in [7, 11) is 0. The second-order valence-electron chi connectivity index (χ2n) is 23.9. The minimum atomic E-state index is -0.790. The molecule has 0 saturated carbocycles. The summed E-state index contributed by atoms with van der Waals surface area (Å²) in [5.41, 5.74) is 0. The van der Waals surface area contributed by atoms with Gasteiger partial charge in [0.1, 0.15) is 6.61 Å². The third-order valence-corrected chi connectivity index (χ3v) is 15.6. The number of carbonyl (C=O) groups excluding carboxylic acids is 2. The molecule has 0 aliphatic heterocycles. The molecule has 0 rings (SSSR count). The SMILES string of the molecule is CC/C=C\C/C=C\C/C=C\C/C=C\C/C=C\C/C=C\C/C=C\C/C=C\CCCCCCCCC(=O)OC(CO)COC(=O)CCCCCCCCCCCCCCCCCCCCCCCCCCCCCC/C=C\C/C=C\C/C=C\C/C=C\CC. The fourth-order valence-corrected chi connectivity index (χ4v) is 10.3. The highest BCUT2D eigenvalue weighted by Crippen LogP contribution is 2.18. The Labute approximate surface area is 533 Å². The Balaban J connectivity index is 3.47. The smallest absolute Gasteiger partial charge is 0.306 e. The Morgan fingerprint density at radius 1 is 0.267 bits per heavy atom. The third-order valence-electron chi connectivity index (χ3n) is 15.6. The predicted molar refractivity (Wildman–Crippen MR) is 380 cm³/mol. The van der Waals surface area contributed by atoms with Gasteiger partial charge < -0.3 is 14.6 Å². The third kappa shape index (κ3) is 72.3. The van der Waals surface area contributed by atoms with Gasteiger partial charge in [0.15, 0.2) is 6.10 Å². The van der Waals surface area contributed by atoms with Gasteiger partial charge in [0, 0.05) is 12.8 Å². The predicted octanol–water partition coefficient (Wildman–Crippen LogP) is 25.7. The van der Waals surface area contributed by atoms with Crippen molar-refractivity contribution in [3.05, 3.63) is 146 Å². The van der Waals surface area contributed by atoms with Gasteiger partial charge in [0.2, 0.25) is 0 Å². The number of esters is 2. The van der Waals surface area contributed by atoms with E-state index < -0.39 is 6.10 Å². The molecule has 0 aromatic heterocycles. The lowest BCUT2D eigenvalue weighted by Gasteiger charge is -2.15. The van der Waals surface area contributed by atoms with E-state index in [9.17, 15) is 14.7 Å². The number of unbranched alkanes of at least 4 members (excludes halogenated alkanes) is 34. The van der Waals surface area contributed by atoms with Gasteiger partial charge in [-0.3, -0.25) is 9.59 Å². The molecule has 5 heteroatoms. The lowest BCUT2D eigenvalue weighted by atomic mass is 10.0. The fourth-order valence-electron chi connectivity index (χ4n) is 10.3. The van der Waals surface area contributed by atoms with Gasteiger partial charge in [0.05, 0.1) is 6.61 Å². The van der Waals surface area contributed by atoms with Crippen LogP contribution in [0.15, 0.2) is 146 Å². The van der Waals surface area contributed by atoms with E-state index in [1.807, 2.05) is 0 Å². The highest BCUT2D eigenvalue weighted by molar-refractivity contribution is 5.70. The zero-order valence-electron chi connectivity index (χ0n) is 56.3. The number of rotatable bonds is 66. The summed E-state index contributed by atoms with van der Waals surface area (Å²) < 4.78 is 10.8. The van der Waals surface area contributed by atoms with Gasteiger partial charge in [-0.15, -0.1) is 0 Å². The molecule has 0 aliphatic rings. The molecule has 0 aliphatic carbocycles. The van der Waals surface area contributed by atoms with Crippen LogP contribution in [0.5, 0.6) is 0 Å². The maximum atomic E-state index is 12.4. The first-order valence-corrected chi connectivity index (χ1v) is 36.4. The number of ether oxygens (including phenoxy) is 2. The molecule has 1 N–H and O–H groups in total. The molecule has 490 valence electrons. The van der Waals surface area contributed by atoms with E-state index >= 15 is 0 Å². The highest BCUT2D eigenvalue weighted by Gasteiger charge is 2.16. The van der Waals surface area contributed by atoms with Gasteiger partial charge in [-0.1, -0.05) is 352 Å². The quantitative estimate of drug-likeness (QED) is 0.0373. The van der Waals surface area contributed by atoms with Gasteiger partial charge in [-0.05, 0) is 116 Å². The molecular formula is C81H136O5. The minimum absolute atomic E-state index is 0.0762. The lowest BCUT2D eigenvalue weighted by molar-refractivity contribution is -0.161. The second kappa shape index (κ2) is 75.0. The Morgan fingerprint density at radius 2 is 0.465 bits per heavy atom. The summed E-state index contributed by atoms with van der Waals surface area (Å²) in [5, 5.41) is 9.71. The Kier molecular flexibility index (Phi) is 71.3. The Hall–Kier alpha value is -4.22. The van der Waals surface area contributed by atoms with Crippen LogP contribution in [0.1, 0.15) is 335 Å². The van der Waals surface area contributed by atoms with Crippen molar-refractivity contribution in [1.82, 2.24) is 0 Å². The summed E-state index contributed by atoms with van der Waals surface area (Å²) >= 11 is 0. The van der Waals surface area contributed by atoms with Gasteiger partial charge in [-0.2, -0.15) is 0 Å². The van der Waals surface area contributed by atoms with Crippen molar-refractivity contribution >= 4 is 11.9 Å². The summed E-state index contributed by atoms with van der Waals surface area (Å²) in [6.45, 7) is 3.92. The van der Waals surface area contributed by atoms with Crippen molar-refractivity contribution in [2.45, 2.75) is 341 Å². The fraction of sp³-hybridized carbons (Fsp3) is 0.679. The maximum Gasteiger partial charge on any atom is 0.306 e. The van der Waals surface area contributed by atoms with Crippen LogP contribution >= 0.6 is 0 Å². The molecule has 0 amide bonds. The molecule has 86 heavy (non-hydrogen) atoms. The van der Waals surface area contributed by atoms with Crippen LogP contribution in [-0.2, 0) is 19.1 Å². The largest absolute Gasteiger partial charge is 0.462 e. The molecule has 0 heterocycles. The second-order valence-corrected chi connectivity index (χ2v) is 23.9. The van der Waals surface area contributed by atoms with E-state index in [-0.39, 0.29) is 25.2 Å². The number of aliphatic hydroxyl groups is 1.